The van der Waals surface area contributed by atoms with Crippen molar-refractivity contribution in [3.05, 3.63) is 13.8 Å². The number of unbranched alkanes of at least 4 members (excludes halogenated alkanes) is 1. The topological polar surface area (TPSA) is 43.1 Å². The maximum absolute atomic E-state index is 11.8. The first-order chi connectivity index (χ1) is 7.95. The summed E-state index contributed by atoms with van der Waals surface area (Å²) in [6.07, 6.45) is 2.89. The Morgan fingerprint density at radius 3 is 1.74 bits per heavy atom. The second-order valence-corrected chi connectivity index (χ2v) is 7.07. The molecule has 0 saturated carbocycles. The average molecular weight is 344 g/mol. The third kappa shape index (κ3) is 16.7. The number of nitrogens with two attached hydrogens (primary N) is 1. The van der Waals surface area contributed by atoms with Gasteiger partial charge in [0, 0.05) is 38.1 Å². The van der Waals surface area contributed by atoms with Gasteiger partial charge in [0.05, 0.1) is 0 Å². The number of carbonyl (C=O) groups excluding carboxylic acids is 1. The van der Waals surface area contributed by atoms with Gasteiger partial charge in [-0.1, -0.05) is 54.4 Å². The summed E-state index contributed by atoms with van der Waals surface area (Å²) in [6.45, 7) is 20.6. The molecule has 3 heteroatoms. The van der Waals surface area contributed by atoms with E-state index in [-0.39, 0.29) is 55.2 Å². The fourth-order valence-electron chi connectivity index (χ4n) is 1.59. The van der Waals surface area contributed by atoms with Gasteiger partial charge in [-0.05, 0) is 12.0 Å². The van der Waals surface area contributed by atoms with Gasteiger partial charge in [-0.3, -0.25) is 0 Å². The molecule has 1 unspecified atom stereocenters. The Balaban J connectivity index is -0.000000366. The summed E-state index contributed by atoms with van der Waals surface area (Å²) in [5, 5.41) is 0. The van der Waals surface area contributed by atoms with E-state index >= 15 is 0 Å². The molecule has 1 atom stereocenters. The molecule has 0 fully saturated rings. The Morgan fingerprint density at radius 2 is 1.58 bits per heavy atom. The maximum Gasteiger partial charge on any atom is 0.111 e. The van der Waals surface area contributed by atoms with E-state index in [2.05, 4.69) is 34.6 Å². The molecule has 113 valence electrons. The minimum atomic E-state index is -0.252. The van der Waals surface area contributed by atoms with Crippen LogP contribution < -0.4 is 5.73 Å². The van der Waals surface area contributed by atoms with E-state index in [4.69, 9.17) is 5.73 Å². The summed E-state index contributed by atoms with van der Waals surface area (Å²) in [6, 6.07) is 0. The van der Waals surface area contributed by atoms with E-state index < -0.39 is 0 Å². The summed E-state index contributed by atoms with van der Waals surface area (Å²) in [4.78, 5) is 11.8. The Labute approximate surface area is 146 Å². The average Bonchev–Trinajstić information content (AvgIpc) is 2.14. The van der Waals surface area contributed by atoms with Crippen LogP contribution in [0, 0.1) is 30.6 Å². The molecule has 0 aromatic carbocycles. The molecule has 0 rings (SSSR count). The van der Waals surface area contributed by atoms with Gasteiger partial charge in [0.1, 0.15) is 5.78 Å². The molecule has 2 N–H and O–H groups in total. The normalized spacial score (nSPS) is 12.9. The SMILES string of the molecule is [CH2-]C(CC(C)(C)C)C(=O)C(C)(C)C.[CH2-]CCCN.[Y]. The Morgan fingerprint density at radius 1 is 1.16 bits per heavy atom. The third-order valence-electron chi connectivity index (χ3n) is 2.42. The molecular weight excluding hydrogens is 311 g/mol. The molecule has 0 aliphatic rings. The van der Waals surface area contributed by atoms with Gasteiger partial charge in [-0.25, -0.2) is 0 Å². The van der Waals surface area contributed by atoms with Gasteiger partial charge >= 0.3 is 0 Å². The van der Waals surface area contributed by atoms with Crippen molar-refractivity contribution in [2.24, 2.45) is 22.5 Å². The number of ketones is 1. The monoisotopic (exact) mass is 344 g/mol. The number of Topliss-reactive ketones (excluding diaryl/α,β-unsaturated/α-hetero) is 1. The van der Waals surface area contributed by atoms with Gasteiger partial charge in [0.25, 0.3) is 0 Å². The van der Waals surface area contributed by atoms with Crippen molar-refractivity contribution in [3.8, 4) is 0 Å². The van der Waals surface area contributed by atoms with Crippen LogP contribution >= 0.6 is 0 Å². The fourth-order valence-corrected chi connectivity index (χ4v) is 1.59. The van der Waals surface area contributed by atoms with Crippen molar-refractivity contribution in [3.63, 3.8) is 0 Å². The Kier molecular flexibility index (Phi) is 14.8. The smallest absolute Gasteiger partial charge is 0.111 e. The van der Waals surface area contributed by atoms with E-state index in [9.17, 15) is 4.79 Å². The molecule has 0 aromatic heterocycles. The molecule has 0 heterocycles. The first kappa shape index (κ1) is 24.7. The van der Waals surface area contributed by atoms with E-state index in [1.165, 1.54) is 0 Å². The molecule has 0 spiro atoms. The molecule has 0 amide bonds. The number of carbonyl (C=O) groups is 1. The molecule has 0 saturated heterocycles. The van der Waals surface area contributed by atoms with Gasteiger partial charge in [0.15, 0.2) is 0 Å². The van der Waals surface area contributed by atoms with Crippen molar-refractivity contribution in [1.29, 1.82) is 0 Å². The van der Waals surface area contributed by atoms with Crippen molar-refractivity contribution in [1.82, 2.24) is 0 Å². The number of hydrogen-bond acceptors (Lipinski definition) is 2. The van der Waals surface area contributed by atoms with Crippen LogP contribution in [0.25, 0.3) is 0 Å². The van der Waals surface area contributed by atoms with Crippen molar-refractivity contribution in [2.45, 2.75) is 60.8 Å². The first-order valence-corrected chi connectivity index (χ1v) is 6.82. The Bertz CT molecular complexity index is 224. The van der Waals surface area contributed by atoms with Crippen LogP contribution in [-0.2, 0) is 37.5 Å². The van der Waals surface area contributed by atoms with E-state index in [0.29, 0.717) is 0 Å². The predicted molar refractivity (Wildman–Crippen MR) is 81.0 cm³/mol. The maximum atomic E-state index is 11.8. The van der Waals surface area contributed by atoms with E-state index in [1.807, 2.05) is 20.8 Å². The van der Waals surface area contributed by atoms with Gasteiger partial charge in [-0.15, -0.1) is 5.92 Å². The molecule has 19 heavy (non-hydrogen) atoms. The van der Waals surface area contributed by atoms with Crippen molar-refractivity contribution in [2.75, 3.05) is 6.54 Å². The fraction of sp³-hybridized carbons (Fsp3) is 0.812. The summed E-state index contributed by atoms with van der Waals surface area (Å²) in [5.41, 5.74) is 5.03. The van der Waals surface area contributed by atoms with Crippen LogP contribution in [0.15, 0.2) is 0 Å². The van der Waals surface area contributed by atoms with Crippen molar-refractivity contribution >= 4 is 5.78 Å². The zero-order chi connectivity index (χ0) is 15.0. The molecule has 0 bridgehead atoms. The molecule has 0 aliphatic carbocycles. The molecule has 0 aliphatic heterocycles. The summed E-state index contributed by atoms with van der Waals surface area (Å²) in [7, 11) is 0. The molecular formula is C16H33NOY-2. The summed E-state index contributed by atoms with van der Waals surface area (Å²) in [5.74, 6) is 0.197. The van der Waals surface area contributed by atoms with Gasteiger partial charge in [-0.2, -0.15) is 6.42 Å². The molecule has 0 aromatic rings. The van der Waals surface area contributed by atoms with Crippen LogP contribution in [0.3, 0.4) is 0 Å². The van der Waals surface area contributed by atoms with Crippen LogP contribution in [-0.4, -0.2) is 12.3 Å². The van der Waals surface area contributed by atoms with Crippen LogP contribution in [0.1, 0.15) is 60.8 Å². The quantitative estimate of drug-likeness (QED) is 0.782. The van der Waals surface area contributed by atoms with Crippen LogP contribution in [0.4, 0.5) is 0 Å². The van der Waals surface area contributed by atoms with Gasteiger partial charge < -0.3 is 24.4 Å². The Hall–Kier alpha value is 0.734. The van der Waals surface area contributed by atoms with Crippen LogP contribution in [0.2, 0.25) is 0 Å². The molecule has 2 nitrogen and oxygen atoms in total. The minimum Gasteiger partial charge on any atom is -0.343 e. The zero-order valence-electron chi connectivity index (χ0n) is 13.9. The standard InChI is InChI=1S/C12H23O.C4H10N.Y/c1-9(8-11(2,3)4)10(13)12(5,6)7;1-2-3-4-5;/h9H,1,8H2,2-7H3;1-5H2;/q2*-1;. The first-order valence-electron chi connectivity index (χ1n) is 6.82. The van der Waals surface area contributed by atoms with Crippen molar-refractivity contribution < 1.29 is 37.5 Å². The van der Waals surface area contributed by atoms with Crippen LogP contribution in [0.5, 0.6) is 0 Å². The summed E-state index contributed by atoms with van der Waals surface area (Å²) < 4.78 is 0. The van der Waals surface area contributed by atoms with E-state index in [1.54, 1.807) is 0 Å². The predicted octanol–water partition coefficient (Wildman–Crippen LogP) is 4.04. The zero-order valence-corrected chi connectivity index (χ0v) is 16.7. The largest absolute Gasteiger partial charge is 0.343 e. The second-order valence-electron chi connectivity index (χ2n) is 7.07. The van der Waals surface area contributed by atoms with Gasteiger partial charge in [0.2, 0.25) is 0 Å². The summed E-state index contributed by atoms with van der Waals surface area (Å²) >= 11 is 0. The number of rotatable bonds is 4. The minimum absolute atomic E-state index is 0. The number of hydrogen-bond donors (Lipinski definition) is 1. The second kappa shape index (κ2) is 11.4. The van der Waals surface area contributed by atoms with E-state index in [0.717, 1.165) is 25.8 Å². The molecule has 1 radical (unpaired) electrons. The third-order valence-corrected chi connectivity index (χ3v) is 2.42.